The highest BCUT2D eigenvalue weighted by atomic mass is 15.5. The van der Waals surface area contributed by atoms with Gasteiger partial charge in [0.25, 0.3) is 0 Å². The first kappa shape index (κ1) is 23.3. The first-order valence-corrected chi connectivity index (χ1v) is 11.7. The fourth-order valence-electron chi connectivity index (χ4n) is 3.81. The minimum atomic E-state index is 0.626. The highest BCUT2D eigenvalue weighted by Crippen LogP contribution is 2.20. The molecule has 1 aromatic heterocycles. The molecule has 0 radical (unpaired) electrons. The van der Waals surface area contributed by atoms with Crippen LogP contribution in [0.4, 0.5) is 5.69 Å². The van der Waals surface area contributed by atoms with Crippen molar-refractivity contribution in [3.8, 4) is 0 Å². The molecule has 0 aliphatic carbocycles. The number of hydrogen-bond donors (Lipinski definition) is 0. The third-order valence-electron chi connectivity index (χ3n) is 5.62. The Labute approximate surface area is 177 Å². The number of aromatic nitrogens is 3. The zero-order valence-corrected chi connectivity index (χ0v) is 18.6. The first-order chi connectivity index (χ1) is 14.3. The summed E-state index contributed by atoms with van der Waals surface area (Å²) in [6.45, 7) is 14.8. The molecule has 160 valence electrons. The summed E-state index contributed by atoms with van der Waals surface area (Å²) in [6.07, 6.45) is 15.9. The maximum absolute atomic E-state index is 7.17. The zero-order chi connectivity index (χ0) is 20.7. The van der Waals surface area contributed by atoms with Crippen LogP contribution in [-0.2, 0) is 6.67 Å². The van der Waals surface area contributed by atoms with Crippen molar-refractivity contribution in [2.45, 2.75) is 97.6 Å². The van der Waals surface area contributed by atoms with Crippen LogP contribution in [-0.4, -0.2) is 33.0 Å². The summed E-state index contributed by atoms with van der Waals surface area (Å²) in [5.41, 5.74) is 2.46. The van der Waals surface area contributed by atoms with E-state index in [0.29, 0.717) is 5.69 Å². The van der Waals surface area contributed by atoms with Crippen molar-refractivity contribution in [1.82, 2.24) is 19.9 Å². The van der Waals surface area contributed by atoms with E-state index in [1.807, 2.05) is 22.9 Å². The van der Waals surface area contributed by atoms with E-state index in [1.54, 1.807) is 0 Å². The topological polar surface area (TPSA) is 38.3 Å². The van der Waals surface area contributed by atoms with Crippen molar-refractivity contribution in [1.29, 1.82) is 0 Å². The second-order valence-corrected chi connectivity index (χ2v) is 8.17. The molecular weight excluding hydrogens is 358 g/mol. The van der Waals surface area contributed by atoms with Gasteiger partial charge >= 0.3 is 0 Å². The third kappa shape index (κ3) is 8.53. The number of hydrogen-bond acceptors (Lipinski definition) is 3. The van der Waals surface area contributed by atoms with E-state index in [0.717, 1.165) is 30.8 Å². The summed E-state index contributed by atoms with van der Waals surface area (Å²) in [7, 11) is 0. The monoisotopic (exact) mass is 397 g/mol. The Morgan fingerprint density at radius 2 is 1.45 bits per heavy atom. The number of nitrogens with zero attached hydrogens (tertiary/aromatic N) is 5. The quantitative estimate of drug-likeness (QED) is 0.227. The number of rotatable bonds is 16. The van der Waals surface area contributed by atoms with Crippen LogP contribution < -0.4 is 0 Å². The molecule has 29 heavy (non-hydrogen) atoms. The molecule has 1 heterocycles. The van der Waals surface area contributed by atoms with Gasteiger partial charge in [-0.1, -0.05) is 89.3 Å². The zero-order valence-electron chi connectivity index (χ0n) is 18.6. The van der Waals surface area contributed by atoms with Gasteiger partial charge in [-0.3, -0.25) is 4.90 Å². The number of unbranched alkanes of at least 4 members (excludes halogenated alkanes) is 10. The van der Waals surface area contributed by atoms with Gasteiger partial charge in [0.15, 0.2) is 5.69 Å². The molecule has 0 saturated carbocycles. The second-order valence-electron chi connectivity index (χ2n) is 8.17. The first-order valence-electron chi connectivity index (χ1n) is 11.7. The molecule has 0 aliphatic rings. The lowest BCUT2D eigenvalue weighted by Gasteiger charge is -2.22. The van der Waals surface area contributed by atoms with Gasteiger partial charge in [-0.15, -0.1) is 5.10 Å². The predicted molar refractivity (Wildman–Crippen MR) is 122 cm³/mol. The molecule has 0 amide bonds. The Balaban J connectivity index is 1.88. The SMILES string of the molecule is [C-]#[N+]c1ccc2c(c1)nnn2CN(CCCCCCCC)CCCCCCCC. The van der Waals surface area contributed by atoms with Gasteiger partial charge in [0, 0.05) is 0 Å². The normalized spacial score (nSPS) is 11.4. The van der Waals surface area contributed by atoms with Crippen molar-refractivity contribution in [2.75, 3.05) is 13.1 Å². The average Bonchev–Trinajstić information content (AvgIpc) is 3.14. The van der Waals surface area contributed by atoms with Gasteiger partial charge in [0.1, 0.15) is 5.52 Å². The molecule has 1 aromatic carbocycles. The van der Waals surface area contributed by atoms with Crippen molar-refractivity contribution in [3.63, 3.8) is 0 Å². The van der Waals surface area contributed by atoms with Crippen LogP contribution in [0, 0.1) is 6.57 Å². The standard InChI is InChI=1S/C24H39N5/c1-4-6-8-10-12-14-18-28(19-15-13-11-9-7-5-2)21-29-24-17-16-22(25-3)20-23(24)26-27-29/h16-17,20H,4-15,18-19,21H2,1-2H3. The lowest BCUT2D eigenvalue weighted by molar-refractivity contribution is 0.199. The molecule has 2 rings (SSSR count). The molecule has 0 unspecified atom stereocenters. The fourth-order valence-corrected chi connectivity index (χ4v) is 3.81. The van der Waals surface area contributed by atoms with E-state index in [9.17, 15) is 0 Å². The maximum atomic E-state index is 7.17. The summed E-state index contributed by atoms with van der Waals surface area (Å²) in [5, 5.41) is 8.65. The van der Waals surface area contributed by atoms with Crippen LogP contribution in [0.1, 0.15) is 90.9 Å². The lowest BCUT2D eigenvalue weighted by Crippen LogP contribution is -2.29. The molecular formula is C24H39N5. The Kier molecular flexibility index (Phi) is 11.4. The number of fused-ring (bicyclic) bond motifs is 1. The largest absolute Gasteiger partial charge is 0.284 e. The van der Waals surface area contributed by atoms with Gasteiger partial charge < -0.3 is 0 Å². The van der Waals surface area contributed by atoms with Crippen molar-refractivity contribution >= 4 is 16.7 Å². The second kappa shape index (κ2) is 14.1. The van der Waals surface area contributed by atoms with Gasteiger partial charge in [-0.2, -0.15) is 0 Å². The summed E-state index contributed by atoms with van der Waals surface area (Å²) in [4.78, 5) is 6.03. The average molecular weight is 398 g/mol. The highest BCUT2D eigenvalue weighted by molar-refractivity contribution is 5.78. The molecule has 2 aromatic rings. The highest BCUT2D eigenvalue weighted by Gasteiger charge is 2.10. The molecule has 0 saturated heterocycles. The lowest BCUT2D eigenvalue weighted by atomic mass is 10.1. The van der Waals surface area contributed by atoms with Crippen molar-refractivity contribution in [3.05, 3.63) is 29.6 Å². The van der Waals surface area contributed by atoms with E-state index < -0.39 is 0 Å². The Bertz CT molecular complexity index is 714. The molecule has 5 nitrogen and oxygen atoms in total. The van der Waals surface area contributed by atoms with Gasteiger partial charge in [-0.25, -0.2) is 9.53 Å². The van der Waals surface area contributed by atoms with Gasteiger partial charge in [-0.05, 0) is 38.1 Å². The Morgan fingerprint density at radius 3 is 2.03 bits per heavy atom. The van der Waals surface area contributed by atoms with Gasteiger partial charge in [0.05, 0.1) is 18.8 Å². The van der Waals surface area contributed by atoms with E-state index in [2.05, 4.69) is 33.9 Å². The van der Waals surface area contributed by atoms with E-state index in [4.69, 9.17) is 6.57 Å². The van der Waals surface area contributed by atoms with Gasteiger partial charge in [0.2, 0.25) is 0 Å². The van der Waals surface area contributed by atoms with E-state index in [-0.39, 0.29) is 0 Å². The van der Waals surface area contributed by atoms with Crippen LogP contribution in [0.15, 0.2) is 18.2 Å². The summed E-state index contributed by atoms with van der Waals surface area (Å²) in [5.74, 6) is 0. The van der Waals surface area contributed by atoms with Crippen LogP contribution in [0.25, 0.3) is 15.9 Å². The minimum Gasteiger partial charge on any atom is -0.284 e. The van der Waals surface area contributed by atoms with E-state index in [1.165, 1.54) is 77.0 Å². The van der Waals surface area contributed by atoms with Crippen LogP contribution in [0.2, 0.25) is 0 Å². The Morgan fingerprint density at radius 1 is 0.862 bits per heavy atom. The molecule has 0 N–H and O–H groups in total. The Hall–Kier alpha value is -1.93. The predicted octanol–water partition coefficient (Wildman–Crippen LogP) is 6.96. The smallest absolute Gasteiger partial charge is 0.189 e. The number of benzene rings is 1. The molecule has 0 bridgehead atoms. The molecule has 0 fully saturated rings. The van der Waals surface area contributed by atoms with Crippen LogP contribution in [0.3, 0.4) is 0 Å². The summed E-state index contributed by atoms with van der Waals surface area (Å²) >= 11 is 0. The van der Waals surface area contributed by atoms with E-state index >= 15 is 0 Å². The fraction of sp³-hybridized carbons (Fsp3) is 0.708. The summed E-state index contributed by atoms with van der Waals surface area (Å²) in [6, 6.07) is 5.68. The molecule has 0 atom stereocenters. The van der Waals surface area contributed by atoms with Crippen molar-refractivity contribution < 1.29 is 0 Å². The van der Waals surface area contributed by atoms with Crippen LogP contribution >= 0.6 is 0 Å². The van der Waals surface area contributed by atoms with Crippen LogP contribution in [0.5, 0.6) is 0 Å². The minimum absolute atomic E-state index is 0.626. The molecule has 0 spiro atoms. The third-order valence-corrected chi connectivity index (χ3v) is 5.62. The molecule has 0 aliphatic heterocycles. The summed E-state index contributed by atoms with van der Waals surface area (Å²) < 4.78 is 2.00. The molecule has 5 heteroatoms. The van der Waals surface area contributed by atoms with Crippen molar-refractivity contribution in [2.24, 2.45) is 0 Å². The maximum Gasteiger partial charge on any atom is 0.189 e.